The van der Waals surface area contributed by atoms with Gasteiger partial charge in [-0.25, -0.2) is 0 Å². The minimum Gasteiger partial charge on any atom is -0.379 e. The Labute approximate surface area is 119 Å². The first-order chi connectivity index (χ1) is 9.20. The maximum atomic E-state index is 12.3. The van der Waals surface area contributed by atoms with Gasteiger partial charge in [0.05, 0.1) is 5.56 Å². The number of carbonyl (C=O) groups excluding carboxylic acids is 1. The number of fused-ring (bicyclic) bond motifs is 1. The number of allylic oxidation sites excluding steroid dienone is 2. The van der Waals surface area contributed by atoms with Crippen molar-refractivity contribution in [3.05, 3.63) is 39.3 Å². The number of aryl methyl sites for hydroxylation is 1. The normalized spacial score (nSPS) is 22.1. The van der Waals surface area contributed by atoms with Gasteiger partial charge in [-0.05, 0) is 52.7 Å². The lowest BCUT2D eigenvalue weighted by Crippen LogP contribution is -2.35. The van der Waals surface area contributed by atoms with Gasteiger partial charge in [0.15, 0.2) is 5.78 Å². The smallest absolute Gasteiger partial charge is 0.194 e. The van der Waals surface area contributed by atoms with E-state index < -0.39 is 5.60 Å². The minimum absolute atomic E-state index is 0.101. The quantitative estimate of drug-likeness (QED) is 0.840. The third-order valence-corrected chi connectivity index (χ3v) is 4.38. The van der Waals surface area contributed by atoms with E-state index >= 15 is 0 Å². The number of aromatic nitrogens is 1. The summed E-state index contributed by atoms with van der Waals surface area (Å²) in [4.78, 5) is 12.3. The molecule has 0 fully saturated rings. The average Bonchev–Trinajstić information content (AvgIpc) is 2.77. The Balaban J connectivity index is 2.67. The molecule has 0 radical (unpaired) electrons. The molecule has 1 atom stereocenters. The van der Waals surface area contributed by atoms with Crippen LogP contribution in [-0.2, 0) is 5.60 Å². The zero-order chi connectivity index (χ0) is 15.2. The van der Waals surface area contributed by atoms with Crippen molar-refractivity contribution in [2.45, 2.75) is 53.6 Å². The second kappa shape index (κ2) is 4.70. The molecule has 4 nitrogen and oxygen atoms in total. The highest BCUT2D eigenvalue weighted by molar-refractivity contribution is 6.11. The van der Waals surface area contributed by atoms with E-state index in [1.807, 2.05) is 20.8 Å². The summed E-state index contributed by atoms with van der Waals surface area (Å²) in [5, 5.41) is 15.1. The molecule has 1 aliphatic rings. The summed E-state index contributed by atoms with van der Waals surface area (Å²) in [5.41, 5.74) is 2.98. The topological polar surface area (TPSA) is 63.3 Å². The Bertz CT molecular complexity index is 645. The van der Waals surface area contributed by atoms with Gasteiger partial charge in [0, 0.05) is 6.42 Å². The Hall–Kier alpha value is -1.68. The first kappa shape index (κ1) is 14.7. The minimum atomic E-state index is -1.26. The molecule has 0 aromatic carbocycles. The maximum absolute atomic E-state index is 12.3. The molecule has 4 heteroatoms. The number of hydrogen-bond acceptors (Lipinski definition) is 4. The predicted octanol–water partition coefficient (Wildman–Crippen LogP) is 3.45. The molecule has 1 aliphatic carbocycles. The first-order valence-electron chi connectivity index (χ1n) is 6.75. The zero-order valence-electron chi connectivity index (χ0n) is 12.9. The van der Waals surface area contributed by atoms with Gasteiger partial charge in [0.1, 0.15) is 17.1 Å². The Kier molecular flexibility index (Phi) is 3.46. The van der Waals surface area contributed by atoms with Crippen molar-refractivity contribution in [1.29, 1.82) is 0 Å². The van der Waals surface area contributed by atoms with Crippen LogP contribution in [0.3, 0.4) is 0 Å². The summed E-state index contributed by atoms with van der Waals surface area (Å²) >= 11 is 0. The fourth-order valence-corrected chi connectivity index (χ4v) is 2.54. The molecule has 0 aliphatic heterocycles. The third-order valence-electron chi connectivity index (χ3n) is 4.38. The molecule has 1 aromatic rings. The molecule has 2 rings (SSSR count). The molecule has 20 heavy (non-hydrogen) atoms. The van der Waals surface area contributed by atoms with Crippen LogP contribution in [0.1, 0.15) is 62.9 Å². The van der Waals surface area contributed by atoms with Crippen LogP contribution in [0.4, 0.5) is 0 Å². The van der Waals surface area contributed by atoms with Crippen LogP contribution in [0, 0.1) is 6.92 Å². The molecule has 0 amide bonds. The average molecular weight is 275 g/mol. The fourth-order valence-electron chi connectivity index (χ4n) is 2.54. The van der Waals surface area contributed by atoms with E-state index in [0.29, 0.717) is 34.6 Å². The molecule has 1 N–H and O–H groups in total. The van der Waals surface area contributed by atoms with Crippen molar-refractivity contribution in [1.82, 2.24) is 5.16 Å². The zero-order valence-corrected chi connectivity index (χ0v) is 12.9. The molecule has 108 valence electrons. The Morgan fingerprint density at radius 2 is 1.85 bits per heavy atom. The lowest BCUT2D eigenvalue weighted by molar-refractivity contribution is 0.0613. The van der Waals surface area contributed by atoms with E-state index in [1.54, 1.807) is 20.8 Å². The van der Waals surface area contributed by atoms with Crippen LogP contribution >= 0.6 is 0 Å². The summed E-state index contributed by atoms with van der Waals surface area (Å²) in [6.07, 6.45) is 0.421. The van der Waals surface area contributed by atoms with Crippen molar-refractivity contribution < 1.29 is 14.4 Å². The van der Waals surface area contributed by atoms with E-state index in [4.69, 9.17) is 4.52 Å². The van der Waals surface area contributed by atoms with E-state index in [1.165, 1.54) is 0 Å². The molecular formula is C16H21NO3. The van der Waals surface area contributed by atoms with Crippen LogP contribution < -0.4 is 0 Å². The third kappa shape index (κ3) is 1.95. The first-order valence-corrected chi connectivity index (χ1v) is 6.75. The highest BCUT2D eigenvalue weighted by Crippen LogP contribution is 2.43. The van der Waals surface area contributed by atoms with Gasteiger partial charge in [0.2, 0.25) is 0 Å². The van der Waals surface area contributed by atoms with Crippen molar-refractivity contribution in [3.8, 4) is 0 Å². The number of rotatable bonds is 2. The fraction of sp³-hybridized carbons (Fsp3) is 0.500. The van der Waals surface area contributed by atoms with Gasteiger partial charge >= 0.3 is 0 Å². The van der Waals surface area contributed by atoms with Crippen molar-refractivity contribution in [3.63, 3.8) is 0 Å². The summed E-state index contributed by atoms with van der Waals surface area (Å²) in [5.74, 6) is 0.362. The summed E-state index contributed by atoms with van der Waals surface area (Å²) in [6.45, 7) is 11.2. The second-order valence-corrected chi connectivity index (χ2v) is 5.86. The van der Waals surface area contributed by atoms with Gasteiger partial charge in [-0.15, -0.1) is 0 Å². The number of hydrogen-bond donors (Lipinski definition) is 1. The van der Waals surface area contributed by atoms with Crippen molar-refractivity contribution >= 4 is 5.78 Å². The monoisotopic (exact) mass is 275 g/mol. The second-order valence-electron chi connectivity index (χ2n) is 5.86. The molecule has 0 saturated heterocycles. The van der Waals surface area contributed by atoms with Crippen molar-refractivity contribution in [2.24, 2.45) is 0 Å². The van der Waals surface area contributed by atoms with Gasteiger partial charge in [0.25, 0.3) is 0 Å². The number of carbonyl (C=O) groups is 1. The van der Waals surface area contributed by atoms with Crippen molar-refractivity contribution in [2.75, 3.05) is 0 Å². The summed E-state index contributed by atoms with van der Waals surface area (Å²) in [6, 6.07) is 0. The van der Waals surface area contributed by atoms with Crippen LogP contribution in [0.15, 0.2) is 26.8 Å². The molecule has 0 saturated carbocycles. The van der Waals surface area contributed by atoms with E-state index in [-0.39, 0.29) is 5.78 Å². The lowest BCUT2D eigenvalue weighted by atomic mass is 9.74. The van der Waals surface area contributed by atoms with Crippen LogP contribution in [0.2, 0.25) is 0 Å². The molecule has 1 aromatic heterocycles. The van der Waals surface area contributed by atoms with E-state index in [2.05, 4.69) is 5.16 Å². The Morgan fingerprint density at radius 1 is 1.25 bits per heavy atom. The van der Waals surface area contributed by atoms with Gasteiger partial charge in [-0.1, -0.05) is 16.3 Å². The SMILES string of the molecule is CC(C)=C(C)CC1(O)C(C)=C(C)C(=O)c2c1noc2C. The van der Waals surface area contributed by atoms with Gasteiger partial charge < -0.3 is 9.63 Å². The summed E-state index contributed by atoms with van der Waals surface area (Å²) < 4.78 is 5.15. The van der Waals surface area contributed by atoms with E-state index in [0.717, 1.165) is 11.1 Å². The molecule has 0 bridgehead atoms. The molecule has 1 unspecified atom stereocenters. The number of aliphatic hydroxyl groups is 1. The van der Waals surface area contributed by atoms with E-state index in [9.17, 15) is 9.90 Å². The predicted molar refractivity (Wildman–Crippen MR) is 76.5 cm³/mol. The van der Waals surface area contributed by atoms with Gasteiger partial charge in [-0.2, -0.15) is 0 Å². The Morgan fingerprint density at radius 3 is 2.40 bits per heavy atom. The molecule has 0 spiro atoms. The van der Waals surface area contributed by atoms with Crippen LogP contribution in [0.5, 0.6) is 0 Å². The highest BCUT2D eigenvalue weighted by Gasteiger charge is 2.45. The number of ketones is 1. The van der Waals surface area contributed by atoms with Crippen LogP contribution in [-0.4, -0.2) is 16.0 Å². The largest absolute Gasteiger partial charge is 0.379 e. The standard InChI is InChI=1S/C16H21NO3/c1-8(2)9(3)7-16(19)11(5)10(4)14(18)13-12(6)20-17-15(13)16/h19H,7H2,1-6H3. The lowest BCUT2D eigenvalue weighted by Gasteiger charge is -2.33. The number of Topliss-reactive ketones (excluding diaryl/α,β-unsaturated/α-hetero) is 1. The maximum Gasteiger partial charge on any atom is 0.194 e. The highest BCUT2D eigenvalue weighted by atomic mass is 16.5. The number of nitrogens with zero attached hydrogens (tertiary/aromatic N) is 1. The van der Waals surface area contributed by atoms with Crippen LogP contribution in [0.25, 0.3) is 0 Å². The molecule has 1 heterocycles. The molecular weight excluding hydrogens is 254 g/mol. The van der Waals surface area contributed by atoms with Gasteiger partial charge in [-0.3, -0.25) is 4.79 Å². The summed E-state index contributed by atoms with van der Waals surface area (Å²) in [7, 11) is 0.